The van der Waals surface area contributed by atoms with Crippen molar-refractivity contribution >= 4 is 5.91 Å². The Morgan fingerprint density at radius 1 is 1.29 bits per heavy atom. The predicted molar refractivity (Wildman–Crippen MR) is 68.9 cm³/mol. The third kappa shape index (κ3) is 3.19. The zero-order valence-electron chi connectivity index (χ0n) is 11.1. The number of carbonyl (C=O) groups is 1. The van der Waals surface area contributed by atoms with E-state index in [1.165, 1.54) is 25.7 Å². The molecular formula is C13H25N3O. The van der Waals surface area contributed by atoms with Crippen LogP contribution in [0.4, 0.5) is 0 Å². The number of hydrogen-bond donors (Lipinski definition) is 1. The van der Waals surface area contributed by atoms with E-state index in [1.807, 2.05) is 14.1 Å². The SMILES string of the molecule is CN(C)CC1NCCCN(C2CCCC2)C1=O. The number of nitrogens with zero attached hydrogens (tertiary/aromatic N) is 2. The minimum atomic E-state index is -0.00639. The highest BCUT2D eigenvalue weighted by Crippen LogP contribution is 2.24. The molecule has 0 radical (unpaired) electrons. The topological polar surface area (TPSA) is 35.6 Å². The van der Waals surface area contributed by atoms with Gasteiger partial charge in [-0.15, -0.1) is 0 Å². The van der Waals surface area contributed by atoms with Gasteiger partial charge in [-0.05, 0) is 39.9 Å². The summed E-state index contributed by atoms with van der Waals surface area (Å²) in [6, 6.07) is 0.514. The van der Waals surface area contributed by atoms with E-state index in [-0.39, 0.29) is 6.04 Å². The molecule has 1 heterocycles. The molecule has 1 unspecified atom stereocenters. The lowest BCUT2D eigenvalue weighted by molar-refractivity contribution is -0.135. The fourth-order valence-electron chi connectivity index (χ4n) is 3.01. The van der Waals surface area contributed by atoms with E-state index < -0.39 is 0 Å². The highest BCUT2D eigenvalue weighted by molar-refractivity contribution is 5.82. The van der Waals surface area contributed by atoms with Crippen LogP contribution in [-0.4, -0.2) is 61.5 Å². The van der Waals surface area contributed by atoms with E-state index in [4.69, 9.17) is 0 Å². The van der Waals surface area contributed by atoms with Crippen LogP contribution >= 0.6 is 0 Å². The Morgan fingerprint density at radius 3 is 2.65 bits per heavy atom. The zero-order chi connectivity index (χ0) is 12.3. The van der Waals surface area contributed by atoms with Crippen molar-refractivity contribution in [3.8, 4) is 0 Å². The minimum absolute atomic E-state index is 0.00639. The summed E-state index contributed by atoms with van der Waals surface area (Å²) < 4.78 is 0. The third-order valence-electron chi connectivity index (χ3n) is 3.86. The minimum Gasteiger partial charge on any atom is -0.338 e. The van der Waals surface area contributed by atoms with Crippen LogP contribution in [0.3, 0.4) is 0 Å². The summed E-state index contributed by atoms with van der Waals surface area (Å²) >= 11 is 0. The first-order chi connectivity index (χ1) is 8.18. The fraction of sp³-hybridized carbons (Fsp3) is 0.923. The van der Waals surface area contributed by atoms with Crippen LogP contribution in [0.15, 0.2) is 0 Å². The smallest absolute Gasteiger partial charge is 0.241 e. The molecule has 1 amide bonds. The van der Waals surface area contributed by atoms with Crippen molar-refractivity contribution in [1.82, 2.24) is 15.1 Å². The van der Waals surface area contributed by atoms with Crippen molar-refractivity contribution in [1.29, 1.82) is 0 Å². The van der Waals surface area contributed by atoms with Gasteiger partial charge in [0.2, 0.25) is 5.91 Å². The molecule has 17 heavy (non-hydrogen) atoms. The Labute approximate surface area is 104 Å². The largest absolute Gasteiger partial charge is 0.338 e. The van der Waals surface area contributed by atoms with Gasteiger partial charge in [-0.1, -0.05) is 12.8 Å². The average molecular weight is 239 g/mol. The number of rotatable bonds is 3. The molecule has 0 aromatic heterocycles. The molecule has 1 aliphatic carbocycles. The number of amides is 1. The normalized spacial score (nSPS) is 27.8. The van der Waals surface area contributed by atoms with Crippen molar-refractivity contribution in [2.24, 2.45) is 0 Å². The molecule has 1 N–H and O–H groups in total. The van der Waals surface area contributed by atoms with E-state index in [0.717, 1.165) is 26.1 Å². The van der Waals surface area contributed by atoms with Gasteiger partial charge in [0.15, 0.2) is 0 Å². The van der Waals surface area contributed by atoms with Crippen LogP contribution in [0.2, 0.25) is 0 Å². The molecule has 0 spiro atoms. The van der Waals surface area contributed by atoms with Gasteiger partial charge >= 0.3 is 0 Å². The molecule has 98 valence electrons. The molecule has 0 aromatic carbocycles. The van der Waals surface area contributed by atoms with Gasteiger partial charge in [0.25, 0.3) is 0 Å². The number of likely N-dealkylation sites (N-methyl/N-ethyl adjacent to an activating group) is 1. The standard InChI is InChI=1S/C13H25N3O/c1-15(2)10-12-13(17)16(9-5-8-14-12)11-6-3-4-7-11/h11-12,14H,3-10H2,1-2H3. The Balaban J connectivity index is 2.01. The van der Waals surface area contributed by atoms with Gasteiger partial charge in [0.1, 0.15) is 0 Å². The van der Waals surface area contributed by atoms with Crippen LogP contribution in [0.1, 0.15) is 32.1 Å². The molecule has 4 nitrogen and oxygen atoms in total. The molecule has 2 rings (SSSR count). The second-order valence-electron chi connectivity index (χ2n) is 5.59. The first kappa shape index (κ1) is 12.8. The molecule has 1 saturated carbocycles. The molecule has 2 aliphatic rings. The number of hydrogen-bond acceptors (Lipinski definition) is 3. The Hall–Kier alpha value is -0.610. The van der Waals surface area contributed by atoms with Crippen LogP contribution in [0, 0.1) is 0 Å². The summed E-state index contributed by atoms with van der Waals surface area (Å²) in [5.74, 6) is 0.322. The van der Waals surface area contributed by atoms with Crippen LogP contribution in [-0.2, 0) is 4.79 Å². The van der Waals surface area contributed by atoms with Crippen molar-refractivity contribution in [3.05, 3.63) is 0 Å². The molecular weight excluding hydrogens is 214 g/mol. The van der Waals surface area contributed by atoms with Gasteiger partial charge in [-0.25, -0.2) is 0 Å². The first-order valence-electron chi connectivity index (χ1n) is 6.87. The lowest BCUT2D eigenvalue weighted by atomic mass is 10.1. The fourth-order valence-corrected chi connectivity index (χ4v) is 3.01. The maximum atomic E-state index is 12.5. The average Bonchev–Trinajstić information content (AvgIpc) is 2.74. The van der Waals surface area contributed by atoms with Crippen molar-refractivity contribution < 1.29 is 4.79 Å². The Kier molecular flexibility index (Phi) is 4.40. The van der Waals surface area contributed by atoms with Crippen LogP contribution in [0.25, 0.3) is 0 Å². The third-order valence-corrected chi connectivity index (χ3v) is 3.86. The molecule has 2 fully saturated rings. The summed E-state index contributed by atoms with van der Waals surface area (Å²) in [7, 11) is 4.06. The summed E-state index contributed by atoms with van der Waals surface area (Å²) in [6.07, 6.45) is 6.09. The monoisotopic (exact) mass is 239 g/mol. The molecule has 0 bridgehead atoms. The lowest BCUT2D eigenvalue weighted by Crippen LogP contribution is -2.51. The molecule has 1 aliphatic heterocycles. The molecule has 1 saturated heterocycles. The summed E-state index contributed by atoms with van der Waals surface area (Å²) in [6.45, 7) is 2.72. The zero-order valence-corrected chi connectivity index (χ0v) is 11.1. The second-order valence-corrected chi connectivity index (χ2v) is 5.59. The quantitative estimate of drug-likeness (QED) is 0.787. The maximum absolute atomic E-state index is 12.5. The van der Waals surface area contributed by atoms with Crippen molar-refractivity contribution in [2.75, 3.05) is 33.7 Å². The lowest BCUT2D eigenvalue weighted by Gasteiger charge is -2.30. The van der Waals surface area contributed by atoms with Gasteiger partial charge in [-0.2, -0.15) is 0 Å². The van der Waals surface area contributed by atoms with Gasteiger partial charge in [-0.3, -0.25) is 4.79 Å². The molecule has 1 atom stereocenters. The van der Waals surface area contributed by atoms with E-state index in [1.54, 1.807) is 0 Å². The highest BCUT2D eigenvalue weighted by atomic mass is 16.2. The van der Waals surface area contributed by atoms with E-state index in [0.29, 0.717) is 11.9 Å². The van der Waals surface area contributed by atoms with E-state index in [9.17, 15) is 4.79 Å². The van der Waals surface area contributed by atoms with E-state index in [2.05, 4.69) is 15.1 Å². The first-order valence-corrected chi connectivity index (χ1v) is 6.87. The van der Waals surface area contributed by atoms with E-state index >= 15 is 0 Å². The molecule has 0 aromatic rings. The Bertz CT molecular complexity index is 261. The summed E-state index contributed by atoms with van der Waals surface area (Å²) in [5.41, 5.74) is 0. The van der Waals surface area contributed by atoms with Crippen LogP contribution in [0.5, 0.6) is 0 Å². The predicted octanol–water partition coefficient (Wildman–Crippen LogP) is 0.681. The van der Waals surface area contributed by atoms with Gasteiger partial charge in [0.05, 0.1) is 6.04 Å². The van der Waals surface area contributed by atoms with Gasteiger partial charge < -0.3 is 15.1 Å². The molecule has 4 heteroatoms. The summed E-state index contributed by atoms with van der Waals surface area (Å²) in [4.78, 5) is 16.7. The highest BCUT2D eigenvalue weighted by Gasteiger charge is 2.32. The van der Waals surface area contributed by atoms with Crippen molar-refractivity contribution in [3.63, 3.8) is 0 Å². The number of carbonyl (C=O) groups excluding carboxylic acids is 1. The van der Waals surface area contributed by atoms with Gasteiger partial charge in [0, 0.05) is 19.1 Å². The Morgan fingerprint density at radius 2 is 2.00 bits per heavy atom. The van der Waals surface area contributed by atoms with Crippen molar-refractivity contribution in [2.45, 2.75) is 44.2 Å². The summed E-state index contributed by atoms with van der Waals surface area (Å²) in [5, 5.41) is 3.38. The number of nitrogens with one attached hydrogen (secondary N) is 1. The second kappa shape index (κ2) is 5.83. The maximum Gasteiger partial charge on any atom is 0.241 e. The van der Waals surface area contributed by atoms with Crippen LogP contribution < -0.4 is 5.32 Å².